The Kier molecular flexibility index (Phi) is 5.10. The molecule has 1 aromatic heterocycles. The first-order valence-corrected chi connectivity index (χ1v) is 9.54. The number of amides is 1. The number of aromatic nitrogens is 1. The van der Waals surface area contributed by atoms with Crippen molar-refractivity contribution in [1.29, 1.82) is 0 Å². The predicted molar refractivity (Wildman–Crippen MR) is 104 cm³/mol. The summed E-state index contributed by atoms with van der Waals surface area (Å²) in [5.41, 5.74) is 0.857. The molecule has 1 atom stereocenters. The van der Waals surface area contributed by atoms with Crippen LogP contribution in [0.1, 0.15) is 43.6 Å². The molecule has 0 saturated heterocycles. The van der Waals surface area contributed by atoms with Gasteiger partial charge in [0.2, 0.25) is 12.7 Å². The topological polar surface area (TPSA) is 51.7 Å². The Morgan fingerprint density at radius 3 is 2.70 bits per heavy atom. The summed E-state index contributed by atoms with van der Waals surface area (Å²) in [7, 11) is 0. The van der Waals surface area contributed by atoms with Crippen LogP contribution in [0.15, 0.2) is 55.3 Å². The lowest BCUT2D eigenvalue weighted by Gasteiger charge is -2.35. The quantitative estimate of drug-likeness (QED) is 0.736. The van der Waals surface area contributed by atoms with Gasteiger partial charge in [0.05, 0.1) is 5.92 Å². The highest BCUT2D eigenvalue weighted by Crippen LogP contribution is 2.36. The van der Waals surface area contributed by atoms with E-state index in [4.69, 9.17) is 9.47 Å². The molecular weight excluding hydrogens is 340 g/mol. The Morgan fingerprint density at radius 1 is 1.15 bits per heavy atom. The molecule has 0 radical (unpaired) electrons. The summed E-state index contributed by atoms with van der Waals surface area (Å²) in [5, 5.41) is 0. The van der Waals surface area contributed by atoms with E-state index in [1.807, 2.05) is 41.3 Å². The fourth-order valence-corrected chi connectivity index (χ4v) is 3.95. The zero-order valence-corrected chi connectivity index (χ0v) is 15.3. The van der Waals surface area contributed by atoms with Crippen LogP contribution in [0, 0.1) is 0 Å². The van der Waals surface area contributed by atoms with E-state index < -0.39 is 5.92 Å². The van der Waals surface area contributed by atoms with Gasteiger partial charge >= 0.3 is 0 Å². The van der Waals surface area contributed by atoms with Crippen LogP contribution in [0.2, 0.25) is 0 Å². The van der Waals surface area contributed by atoms with E-state index in [0.717, 1.165) is 31.2 Å². The van der Waals surface area contributed by atoms with Crippen LogP contribution in [-0.2, 0) is 4.79 Å². The van der Waals surface area contributed by atoms with Crippen LogP contribution in [-0.4, -0.2) is 23.7 Å². The Hall–Kier alpha value is -2.82. The van der Waals surface area contributed by atoms with Gasteiger partial charge in [-0.2, -0.15) is 0 Å². The number of rotatable bonds is 5. The number of carbonyl (C=O) groups is 1. The highest BCUT2D eigenvalue weighted by atomic mass is 16.7. The molecule has 1 aromatic carbocycles. The van der Waals surface area contributed by atoms with Gasteiger partial charge in [0.1, 0.15) is 5.82 Å². The van der Waals surface area contributed by atoms with Gasteiger partial charge in [-0.1, -0.05) is 37.5 Å². The lowest BCUT2D eigenvalue weighted by atomic mass is 9.91. The summed E-state index contributed by atoms with van der Waals surface area (Å²) in [5.74, 6) is 1.65. The minimum Gasteiger partial charge on any atom is -0.454 e. The second-order valence-corrected chi connectivity index (χ2v) is 7.01. The lowest BCUT2D eigenvalue weighted by molar-refractivity contribution is -0.119. The number of fused-ring (bicyclic) bond motifs is 1. The first-order chi connectivity index (χ1) is 13.3. The number of anilines is 1. The summed E-state index contributed by atoms with van der Waals surface area (Å²) in [6.45, 7) is 4.15. The fraction of sp³-hybridized carbons (Fsp3) is 0.364. The van der Waals surface area contributed by atoms with Crippen molar-refractivity contribution >= 4 is 11.7 Å². The van der Waals surface area contributed by atoms with E-state index in [1.165, 1.54) is 6.42 Å². The number of carbonyl (C=O) groups excluding carboxylic acids is 1. The largest absolute Gasteiger partial charge is 0.454 e. The number of hydrogen-bond donors (Lipinski definition) is 0. The summed E-state index contributed by atoms with van der Waals surface area (Å²) in [6, 6.07) is 11.5. The smallest absolute Gasteiger partial charge is 0.239 e. The fourth-order valence-electron chi connectivity index (χ4n) is 3.95. The molecule has 1 fully saturated rings. The van der Waals surface area contributed by atoms with Gasteiger partial charge in [-0.05, 0) is 42.7 Å². The van der Waals surface area contributed by atoms with Gasteiger partial charge in [0.25, 0.3) is 0 Å². The minimum atomic E-state index is -0.455. The predicted octanol–water partition coefficient (Wildman–Crippen LogP) is 4.45. The van der Waals surface area contributed by atoms with Crippen molar-refractivity contribution in [3.8, 4) is 11.5 Å². The van der Waals surface area contributed by atoms with Crippen molar-refractivity contribution in [2.75, 3.05) is 11.7 Å². The van der Waals surface area contributed by atoms with E-state index in [-0.39, 0.29) is 18.7 Å². The first-order valence-electron chi connectivity index (χ1n) is 9.54. The van der Waals surface area contributed by atoms with E-state index >= 15 is 0 Å². The Bertz CT molecular complexity index is 816. The Labute approximate surface area is 159 Å². The van der Waals surface area contributed by atoms with E-state index in [9.17, 15) is 4.79 Å². The Balaban J connectivity index is 1.67. The summed E-state index contributed by atoms with van der Waals surface area (Å²) < 4.78 is 10.9. The Morgan fingerprint density at radius 2 is 1.96 bits per heavy atom. The third-order valence-corrected chi connectivity index (χ3v) is 5.33. The number of pyridine rings is 1. The minimum absolute atomic E-state index is 0.00876. The maximum Gasteiger partial charge on any atom is 0.239 e. The normalized spacial score (nSPS) is 17.3. The SMILES string of the molecule is C=CC(C(=O)N(c1ccccn1)C1CCCCC1)c1ccc2c(c1)OCO2. The molecule has 2 aromatic rings. The van der Waals surface area contributed by atoms with Gasteiger partial charge in [-0.25, -0.2) is 4.98 Å². The van der Waals surface area contributed by atoms with Crippen LogP contribution in [0.5, 0.6) is 11.5 Å². The van der Waals surface area contributed by atoms with Crippen molar-refractivity contribution in [3.05, 3.63) is 60.8 Å². The zero-order chi connectivity index (χ0) is 18.6. The second kappa shape index (κ2) is 7.82. The standard InChI is InChI=1S/C22H24N2O3/c1-2-18(16-11-12-19-20(14-16)27-15-26-19)22(25)24(17-8-4-3-5-9-17)21-10-6-7-13-23-21/h2,6-7,10-14,17-18H,1,3-5,8-9,15H2. The van der Waals surface area contributed by atoms with Crippen LogP contribution < -0.4 is 14.4 Å². The molecule has 1 aliphatic carbocycles. The third-order valence-electron chi connectivity index (χ3n) is 5.33. The van der Waals surface area contributed by atoms with Crippen molar-refractivity contribution in [2.24, 2.45) is 0 Å². The van der Waals surface area contributed by atoms with Crippen molar-refractivity contribution in [2.45, 2.75) is 44.1 Å². The summed E-state index contributed by atoms with van der Waals surface area (Å²) in [6.07, 6.45) is 8.98. The molecule has 0 spiro atoms. The van der Waals surface area contributed by atoms with Crippen LogP contribution >= 0.6 is 0 Å². The molecule has 5 nitrogen and oxygen atoms in total. The van der Waals surface area contributed by atoms with Crippen molar-refractivity contribution < 1.29 is 14.3 Å². The molecule has 1 unspecified atom stereocenters. The van der Waals surface area contributed by atoms with Crippen molar-refractivity contribution in [3.63, 3.8) is 0 Å². The zero-order valence-electron chi connectivity index (χ0n) is 15.3. The lowest BCUT2D eigenvalue weighted by Crippen LogP contribution is -2.44. The maximum absolute atomic E-state index is 13.6. The van der Waals surface area contributed by atoms with Crippen LogP contribution in [0.3, 0.4) is 0 Å². The molecule has 27 heavy (non-hydrogen) atoms. The van der Waals surface area contributed by atoms with Crippen LogP contribution in [0.25, 0.3) is 0 Å². The second-order valence-electron chi connectivity index (χ2n) is 7.01. The van der Waals surface area contributed by atoms with E-state index in [0.29, 0.717) is 17.3 Å². The average molecular weight is 364 g/mol. The van der Waals surface area contributed by atoms with Crippen LogP contribution in [0.4, 0.5) is 5.82 Å². The molecule has 4 rings (SSSR count). The highest BCUT2D eigenvalue weighted by molar-refractivity contribution is 5.99. The molecule has 2 heterocycles. The monoisotopic (exact) mass is 364 g/mol. The van der Waals surface area contributed by atoms with Gasteiger partial charge in [-0.15, -0.1) is 6.58 Å². The third kappa shape index (κ3) is 3.54. The van der Waals surface area contributed by atoms with Gasteiger partial charge in [-0.3, -0.25) is 9.69 Å². The maximum atomic E-state index is 13.6. The molecule has 0 N–H and O–H groups in total. The molecule has 0 bridgehead atoms. The molecule has 2 aliphatic rings. The average Bonchev–Trinajstić information content (AvgIpc) is 3.18. The molecule has 1 amide bonds. The molecule has 1 aliphatic heterocycles. The summed E-state index contributed by atoms with van der Waals surface area (Å²) in [4.78, 5) is 20.0. The first kappa shape index (κ1) is 17.6. The number of nitrogens with zero attached hydrogens (tertiary/aromatic N) is 2. The van der Waals surface area contributed by atoms with Gasteiger partial charge in [0.15, 0.2) is 11.5 Å². The molecule has 140 valence electrons. The number of ether oxygens (including phenoxy) is 2. The van der Waals surface area contributed by atoms with E-state index in [1.54, 1.807) is 12.3 Å². The van der Waals surface area contributed by atoms with E-state index in [2.05, 4.69) is 11.6 Å². The number of benzene rings is 1. The van der Waals surface area contributed by atoms with Gasteiger partial charge in [0, 0.05) is 12.2 Å². The molecule has 5 heteroatoms. The molecular formula is C22H24N2O3. The summed E-state index contributed by atoms with van der Waals surface area (Å²) >= 11 is 0. The van der Waals surface area contributed by atoms with Gasteiger partial charge < -0.3 is 9.47 Å². The molecule has 1 saturated carbocycles. The highest BCUT2D eigenvalue weighted by Gasteiger charge is 2.32. The number of hydrogen-bond acceptors (Lipinski definition) is 4. The van der Waals surface area contributed by atoms with Crippen molar-refractivity contribution in [1.82, 2.24) is 4.98 Å².